The summed E-state index contributed by atoms with van der Waals surface area (Å²) in [7, 11) is 4.35. The quantitative estimate of drug-likeness (QED) is 0.315. The van der Waals surface area contributed by atoms with Crippen LogP contribution < -0.4 is 10.6 Å². The number of aliphatic imine (C=N–C) groups is 1. The second kappa shape index (κ2) is 10.8. The van der Waals surface area contributed by atoms with E-state index in [2.05, 4.69) is 43.5 Å². The van der Waals surface area contributed by atoms with E-state index in [0.29, 0.717) is 17.6 Å². The van der Waals surface area contributed by atoms with Gasteiger partial charge in [0.1, 0.15) is 0 Å². The Hall–Kier alpha value is -0.120. The molecule has 1 aliphatic heterocycles. The smallest absolute Gasteiger partial charge is 0.191 e. The van der Waals surface area contributed by atoms with Crippen LogP contribution in [0.1, 0.15) is 58.8 Å². The van der Waals surface area contributed by atoms with Crippen molar-refractivity contribution in [2.75, 3.05) is 47.0 Å². The Morgan fingerprint density at radius 2 is 1.82 bits per heavy atom. The fraction of sp³-hybridized carbons (Fsp3) is 0.952. The standard InChI is InChI=1S/C21H40N4O2.HI/c1-5-22-19(23-16-20(25(3)4)11-13-26-14-12-20)24-17-15-18(27-6-2)21(17)9-7-8-10-21;/h17-18H,5-16H2,1-4H3,(H2,22,23,24);1H. The number of likely N-dealkylation sites (N-methyl/N-ethyl adjacent to an activating group) is 1. The normalized spacial score (nSPS) is 28.7. The zero-order chi connectivity index (χ0) is 19.3. The minimum atomic E-state index is 0. The Bertz CT molecular complexity index is 503. The minimum Gasteiger partial charge on any atom is -0.381 e. The second-order valence-electron chi connectivity index (χ2n) is 8.74. The molecule has 2 unspecified atom stereocenters. The Labute approximate surface area is 188 Å². The van der Waals surface area contributed by atoms with Gasteiger partial charge >= 0.3 is 0 Å². The molecule has 2 saturated carbocycles. The first-order valence-corrected chi connectivity index (χ1v) is 11.0. The van der Waals surface area contributed by atoms with Gasteiger partial charge in [0.05, 0.1) is 12.6 Å². The predicted octanol–water partition coefficient (Wildman–Crippen LogP) is 3.01. The minimum absolute atomic E-state index is 0. The van der Waals surface area contributed by atoms with Crippen molar-refractivity contribution >= 4 is 29.9 Å². The number of nitrogens with one attached hydrogen (secondary N) is 2. The SMILES string of the molecule is CCNC(=NCC1(N(C)C)CCOCC1)NC1CC(OCC)C12CCCC2.I. The van der Waals surface area contributed by atoms with E-state index >= 15 is 0 Å². The number of hydrogen-bond acceptors (Lipinski definition) is 4. The van der Waals surface area contributed by atoms with Crippen molar-refractivity contribution in [2.45, 2.75) is 76.5 Å². The molecule has 7 heteroatoms. The molecule has 6 nitrogen and oxygen atoms in total. The first-order valence-electron chi connectivity index (χ1n) is 11.0. The number of nitrogens with zero attached hydrogens (tertiary/aromatic N) is 2. The topological polar surface area (TPSA) is 58.1 Å². The van der Waals surface area contributed by atoms with Gasteiger partial charge < -0.3 is 25.0 Å². The summed E-state index contributed by atoms with van der Waals surface area (Å²) in [6.07, 6.45) is 8.85. The molecule has 0 amide bonds. The van der Waals surface area contributed by atoms with Crippen molar-refractivity contribution in [1.82, 2.24) is 15.5 Å². The maximum atomic E-state index is 6.07. The van der Waals surface area contributed by atoms with E-state index in [9.17, 15) is 0 Å². The molecule has 2 aliphatic carbocycles. The largest absolute Gasteiger partial charge is 0.381 e. The molecule has 1 saturated heterocycles. The summed E-state index contributed by atoms with van der Waals surface area (Å²) in [6, 6.07) is 0.486. The zero-order valence-electron chi connectivity index (χ0n) is 18.3. The van der Waals surface area contributed by atoms with Crippen LogP contribution in [0, 0.1) is 5.41 Å². The van der Waals surface area contributed by atoms with Crippen LogP contribution in [0.4, 0.5) is 0 Å². The third kappa shape index (κ3) is 4.95. The molecule has 164 valence electrons. The van der Waals surface area contributed by atoms with Crippen LogP contribution in [0.2, 0.25) is 0 Å². The van der Waals surface area contributed by atoms with Crippen LogP contribution in [0.5, 0.6) is 0 Å². The van der Waals surface area contributed by atoms with Gasteiger partial charge in [-0.25, -0.2) is 0 Å². The van der Waals surface area contributed by atoms with Gasteiger partial charge in [-0.05, 0) is 60.0 Å². The molecule has 3 fully saturated rings. The summed E-state index contributed by atoms with van der Waals surface area (Å²) in [5, 5.41) is 7.26. The lowest BCUT2D eigenvalue weighted by molar-refractivity contribution is -0.125. The van der Waals surface area contributed by atoms with Crippen LogP contribution in [0.3, 0.4) is 0 Å². The first kappa shape index (κ1) is 24.2. The lowest BCUT2D eigenvalue weighted by Gasteiger charge is -2.54. The van der Waals surface area contributed by atoms with Gasteiger partial charge in [-0.2, -0.15) is 0 Å². The van der Waals surface area contributed by atoms with Gasteiger partial charge in [0.15, 0.2) is 5.96 Å². The van der Waals surface area contributed by atoms with Gasteiger partial charge in [0.2, 0.25) is 0 Å². The van der Waals surface area contributed by atoms with Gasteiger partial charge in [0, 0.05) is 43.4 Å². The third-order valence-electron chi connectivity index (χ3n) is 7.25. The van der Waals surface area contributed by atoms with E-state index in [1.54, 1.807) is 0 Å². The molecule has 3 aliphatic rings. The highest BCUT2D eigenvalue weighted by Gasteiger charge is 2.57. The van der Waals surface area contributed by atoms with Crippen molar-refractivity contribution in [3.63, 3.8) is 0 Å². The van der Waals surface area contributed by atoms with Gasteiger partial charge in [-0.15, -0.1) is 24.0 Å². The van der Waals surface area contributed by atoms with Gasteiger partial charge in [0.25, 0.3) is 0 Å². The Kier molecular flexibility index (Phi) is 9.29. The zero-order valence-corrected chi connectivity index (χ0v) is 20.6. The molecule has 2 atom stereocenters. The Balaban J connectivity index is 0.00000280. The van der Waals surface area contributed by atoms with Crippen molar-refractivity contribution in [3.8, 4) is 0 Å². The fourth-order valence-corrected chi connectivity index (χ4v) is 5.30. The van der Waals surface area contributed by atoms with Crippen LogP contribution in [0.15, 0.2) is 4.99 Å². The molecular formula is C21H41IN4O2. The molecule has 0 aromatic rings. The molecule has 0 aromatic carbocycles. The van der Waals surface area contributed by atoms with Crippen molar-refractivity contribution < 1.29 is 9.47 Å². The van der Waals surface area contributed by atoms with E-state index in [1.165, 1.54) is 25.7 Å². The van der Waals surface area contributed by atoms with E-state index < -0.39 is 0 Å². The molecule has 1 heterocycles. The van der Waals surface area contributed by atoms with Crippen molar-refractivity contribution in [3.05, 3.63) is 0 Å². The van der Waals surface area contributed by atoms with Gasteiger partial charge in [-0.3, -0.25) is 4.99 Å². The summed E-state index contributed by atoms with van der Waals surface area (Å²) in [5.74, 6) is 0.969. The van der Waals surface area contributed by atoms with E-state index in [1.807, 2.05) is 0 Å². The molecular weight excluding hydrogens is 467 g/mol. The molecule has 28 heavy (non-hydrogen) atoms. The van der Waals surface area contributed by atoms with Gasteiger partial charge in [-0.1, -0.05) is 12.8 Å². The van der Waals surface area contributed by atoms with Crippen LogP contribution in [-0.4, -0.2) is 75.5 Å². The molecule has 2 N–H and O–H groups in total. The van der Waals surface area contributed by atoms with E-state index in [0.717, 1.165) is 58.1 Å². The molecule has 0 aromatic heterocycles. The van der Waals surface area contributed by atoms with E-state index in [4.69, 9.17) is 14.5 Å². The van der Waals surface area contributed by atoms with Crippen LogP contribution in [-0.2, 0) is 9.47 Å². The lowest BCUT2D eigenvalue weighted by atomic mass is 9.60. The number of halogens is 1. The Morgan fingerprint density at radius 3 is 2.39 bits per heavy atom. The molecule has 3 rings (SSSR count). The third-order valence-corrected chi connectivity index (χ3v) is 7.25. The van der Waals surface area contributed by atoms with Crippen molar-refractivity contribution in [2.24, 2.45) is 10.4 Å². The summed E-state index contributed by atoms with van der Waals surface area (Å²) < 4.78 is 11.7. The maximum absolute atomic E-state index is 6.07. The average Bonchev–Trinajstić information content (AvgIpc) is 3.19. The number of guanidine groups is 1. The summed E-state index contributed by atoms with van der Waals surface area (Å²) in [6.45, 7) is 8.44. The molecule has 0 bridgehead atoms. The highest BCUT2D eigenvalue weighted by atomic mass is 127. The predicted molar refractivity (Wildman–Crippen MR) is 126 cm³/mol. The number of rotatable bonds is 7. The summed E-state index contributed by atoms with van der Waals surface area (Å²) in [5.41, 5.74) is 0.434. The van der Waals surface area contributed by atoms with Crippen LogP contribution >= 0.6 is 24.0 Å². The fourth-order valence-electron chi connectivity index (χ4n) is 5.30. The van der Waals surface area contributed by atoms with Crippen LogP contribution in [0.25, 0.3) is 0 Å². The lowest BCUT2D eigenvalue weighted by Crippen LogP contribution is -2.65. The molecule has 1 spiro atoms. The van der Waals surface area contributed by atoms with E-state index in [-0.39, 0.29) is 29.5 Å². The molecule has 0 radical (unpaired) electrons. The highest BCUT2D eigenvalue weighted by Crippen LogP contribution is 2.54. The van der Waals surface area contributed by atoms with Crippen molar-refractivity contribution in [1.29, 1.82) is 0 Å². The summed E-state index contributed by atoms with van der Waals surface area (Å²) in [4.78, 5) is 7.38. The maximum Gasteiger partial charge on any atom is 0.191 e. The average molecular weight is 508 g/mol. The summed E-state index contributed by atoms with van der Waals surface area (Å²) >= 11 is 0. The number of ether oxygens (including phenoxy) is 2. The second-order valence-corrected chi connectivity index (χ2v) is 8.74. The monoisotopic (exact) mass is 508 g/mol. The number of hydrogen-bond donors (Lipinski definition) is 2. The highest BCUT2D eigenvalue weighted by molar-refractivity contribution is 14.0. The Morgan fingerprint density at radius 1 is 1.14 bits per heavy atom. The first-order chi connectivity index (χ1) is 13.1.